The van der Waals surface area contributed by atoms with Crippen LogP contribution in [0.3, 0.4) is 0 Å². The number of hydrogen-bond acceptors (Lipinski definition) is 3. The molecule has 1 atom stereocenters. The maximum absolute atomic E-state index is 4.66. The molecule has 0 fully saturated rings. The lowest BCUT2D eigenvalue weighted by molar-refractivity contribution is 0.288. The van der Waals surface area contributed by atoms with Gasteiger partial charge in [0.25, 0.3) is 0 Å². The lowest BCUT2D eigenvalue weighted by atomic mass is 9.86. The molecule has 1 aliphatic heterocycles. The second-order valence-corrected chi connectivity index (χ2v) is 8.97. The predicted octanol–water partition coefficient (Wildman–Crippen LogP) is 4.41. The van der Waals surface area contributed by atoms with E-state index in [4.69, 9.17) is 0 Å². The molecular weight excluding hydrogens is 252 g/mol. The quantitative estimate of drug-likeness (QED) is 0.808. The first kappa shape index (κ1) is 16.9. The Kier molecular flexibility index (Phi) is 6.22. The molecule has 1 aliphatic rings. The van der Waals surface area contributed by atoms with E-state index in [0.717, 1.165) is 30.8 Å². The summed E-state index contributed by atoms with van der Waals surface area (Å²) in [7, 11) is 0. The van der Waals surface area contributed by atoms with E-state index in [2.05, 4.69) is 58.8 Å². The zero-order chi connectivity index (χ0) is 14.6. The van der Waals surface area contributed by atoms with Crippen LogP contribution in [0.2, 0.25) is 0 Å². The van der Waals surface area contributed by atoms with Crippen LogP contribution >= 0.6 is 11.8 Å². The first-order valence-corrected chi connectivity index (χ1v) is 8.52. The van der Waals surface area contributed by atoms with Gasteiger partial charge in [-0.25, -0.2) is 0 Å². The van der Waals surface area contributed by atoms with E-state index >= 15 is 0 Å². The van der Waals surface area contributed by atoms with Crippen molar-refractivity contribution in [3.05, 3.63) is 0 Å². The fraction of sp³-hybridized carbons (Fsp3) is 0.938. The fourth-order valence-electron chi connectivity index (χ4n) is 2.75. The molecule has 0 aliphatic carbocycles. The zero-order valence-electron chi connectivity index (χ0n) is 13.8. The fourth-order valence-corrected chi connectivity index (χ4v) is 4.11. The zero-order valence-corrected chi connectivity index (χ0v) is 14.6. The second kappa shape index (κ2) is 7.01. The number of amidine groups is 1. The van der Waals surface area contributed by atoms with Gasteiger partial charge >= 0.3 is 0 Å². The maximum Gasteiger partial charge on any atom is 0.156 e. The van der Waals surface area contributed by atoms with Crippen LogP contribution in [0.15, 0.2) is 4.99 Å². The molecule has 0 saturated carbocycles. The van der Waals surface area contributed by atoms with Crippen molar-refractivity contribution in [3.63, 3.8) is 0 Å². The summed E-state index contributed by atoms with van der Waals surface area (Å²) in [6.45, 7) is 18.3. The third kappa shape index (κ3) is 6.20. The minimum absolute atomic E-state index is 0.404. The van der Waals surface area contributed by atoms with E-state index in [1.807, 2.05) is 11.8 Å². The summed E-state index contributed by atoms with van der Waals surface area (Å²) < 4.78 is 0. The third-order valence-corrected chi connectivity index (χ3v) is 4.90. The highest BCUT2D eigenvalue weighted by Gasteiger charge is 2.26. The average Bonchev–Trinajstić information content (AvgIpc) is 2.61. The largest absolute Gasteiger partial charge is 0.365 e. The van der Waals surface area contributed by atoms with Crippen LogP contribution in [-0.2, 0) is 0 Å². The van der Waals surface area contributed by atoms with Crippen molar-refractivity contribution in [1.82, 2.24) is 5.32 Å². The Labute approximate surface area is 124 Å². The Morgan fingerprint density at radius 3 is 2.26 bits per heavy atom. The molecule has 1 N–H and O–H groups in total. The Morgan fingerprint density at radius 1 is 1.21 bits per heavy atom. The molecular formula is C16H32N2S. The second-order valence-electron chi connectivity index (χ2n) is 7.68. The van der Waals surface area contributed by atoms with Crippen molar-refractivity contribution in [1.29, 1.82) is 0 Å². The lowest BCUT2D eigenvalue weighted by Gasteiger charge is -2.25. The van der Waals surface area contributed by atoms with E-state index in [1.54, 1.807) is 0 Å². The highest BCUT2D eigenvalue weighted by molar-refractivity contribution is 8.14. The molecule has 1 rings (SSSR count). The molecule has 0 aromatic carbocycles. The standard InChI is InChI=1S/C16H32N2S/c1-11(2)14(12(3)4)10-18-15-17-9-13(19-15)8-16(5,6)7/h11-14H,8-10H2,1-7H3,(H,17,18). The third-order valence-electron chi connectivity index (χ3n) is 3.76. The molecule has 2 nitrogen and oxygen atoms in total. The van der Waals surface area contributed by atoms with Gasteiger partial charge in [-0.15, -0.1) is 0 Å². The van der Waals surface area contributed by atoms with Gasteiger partial charge in [-0.2, -0.15) is 0 Å². The van der Waals surface area contributed by atoms with Gasteiger partial charge in [0, 0.05) is 11.8 Å². The van der Waals surface area contributed by atoms with E-state index in [1.165, 1.54) is 11.6 Å². The molecule has 0 aromatic rings. The van der Waals surface area contributed by atoms with Crippen LogP contribution in [-0.4, -0.2) is 23.5 Å². The van der Waals surface area contributed by atoms with Crippen molar-refractivity contribution < 1.29 is 0 Å². The summed E-state index contributed by atoms with van der Waals surface area (Å²) >= 11 is 1.94. The summed E-state index contributed by atoms with van der Waals surface area (Å²) in [4.78, 5) is 4.66. The van der Waals surface area contributed by atoms with Crippen molar-refractivity contribution in [3.8, 4) is 0 Å². The van der Waals surface area contributed by atoms with Crippen LogP contribution in [0.4, 0.5) is 0 Å². The molecule has 0 bridgehead atoms. The normalized spacial score (nSPS) is 20.5. The molecule has 1 heterocycles. The van der Waals surface area contributed by atoms with E-state index < -0.39 is 0 Å². The summed E-state index contributed by atoms with van der Waals surface area (Å²) in [5.74, 6) is 2.18. The molecule has 19 heavy (non-hydrogen) atoms. The molecule has 1 unspecified atom stereocenters. The highest BCUT2D eigenvalue weighted by Crippen LogP contribution is 2.31. The topological polar surface area (TPSA) is 24.4 Å². The minimum Gasteiger partial charge on any atom is -0.365 e. The van der Waals surface area contributed by atoms with Crippen LogP contribution in [0, 0.1) is 23.2 Å². The Hall–Kier alpha value is -0.180. The number of hydrogen-bond donors (Lipinski definition) is 1. The van der Waals surface area contributed by atoms with Crippen LogP contribution in [0.5, 0.6) is 0 Å². The first-order chi connectivity index (χ1) is 8.69. The lowest BCUT2D eigenvalue weighted by Crippen LogP contribution is -2.32. The number of aliphatic imine (C=N–C) groups is 1. The van der Waals surface area contributed by atoms with Crippen LogP contribution in [0.1, 0.15) is 54.9 Å². The molecule has 0 saturated heterocycles. The monoisotopic (exact) mass is 284 g/mol. The van der Waals surface area contributed by atoms with Crippen LogP contribution < -0.4 is 5.32 Å². The Bertz CT molecular complexity index is 294. The van der Waals surface area contributed by atoms with Gasteiger partial charge in [0.2, 0.25) is 0 Å². The number of rotatable bonds is 5. The summed E-state index contributed by atoms with van der Waals surface area (Å²) in [5, 5.41) is 5.41. The van der Waals surface area contributed by atoms with Gasteiger partial charge in [0.1, 0.15) is 0 Å². The SMILES string of the molecule is CC(C)C(CNC1=NCC(CC(C)(C)C)S1)C(C)C. The molecule has 0 radical (unpaired) electrons. The van der Waals surface area contributed by atoms with Gasteiger partial charge in [-0.3, -0.25) is 4.99 Å². The minimum atomic E-state index is 0.404. The Morgan fingerprint density at radius 2 is 1.79 bits per heavy atom. The molecule has 0 amide bonds. The van der Waals surface area contributed by atoms with Gasteiger partial charge in [-0.1, -0.05) is 60.2 Å². The first-order valence-electron chi connectivity index (χ1n) is 7.64. The van der Waals surface area contributed by atoms with E-state index in [-0.39, 0.29) is 0 Å². The van der Waals surface area contributed by atoms with Gasteiger partial charge < -0.3 is 5.32 Å². The summed E-state index contributed by atoms with van der Waals surface area (Å²) in [5.41, 5.74) is 0.404. The van der Waals surface area contributed by atoms with Gasteiger partial charge in [0.05, 0.1) is 6.54 Å². The highest BCUT2D eigenvalue weighted by atomic mass is 32.2. The predicted molar refractivity (Wildman–Crippen MR) is 88.9 cm³/mol. The summed E-state index contributed by atoms with van der Waals surface area (Å²) in [6, 6.07) is 0. The van der Waals surface area contributed by atoms with E-state index in [0.29, 0.717) is 10.7 Å². The van der Waals surface area contributed by atoms with Crippen molar-refractivity contribution in [2.45, 2.75) is 60.1 Å². The maximum atomic E-state index is 4.66. The van der Waals surface area contributed by atoms with E-state index in [9.17, 15) is 0 Å². The van der Waals surface area contributed by atoms with Crippen molar-refractivity contribution in [2.24, 2.45) is 28.2 Å². The number of nitrogens with zero attached hydrogens (tertiary/aromatic N) is 1. The molecule has 0 aromatic heterocycles. The molecule has 112 valence electrons. The Balaban J connectivity index is 2.36. The average molecular weight is 285 g/mol. The van der Waals surface area contributed by atoms with Crippen molar-refractivity contribution in [2.75, 3.05) is 13.1 Å². The smallest absolute Gasteiger partial charge is 0.156 e. The van der Waals surface area contributed by atoms with Gasteiger partial charge in [0.15, 0.2) is 5.17 Å². The molecule has 0 spiro atoms. The van der Waals surface area contributed by atoms with Gasteiger partial charge in [-0.05, 0) is 29.6 Å². The number of thioether (sulfide) groups is 1. The molecule has 3 heteroatoms. The van der Waals surface area contributed by atoms with Crippen LogP contribution in [0.25, 0.3) is 0 Å². The number of nitrogens with one attached hydrogen (secondary N) is 1. The summed E-state index contributed by atoms with van der Waals surface area (Å²) in [6.07, 6.45) is 1.24. The van der Waals surface area contributed by atoms with Crippen molar-refractivity contribution >= 4 is 16.9 Å².